The van der Waals surface area contributed by atoms with Crippen molar-refractivity contribution in [2.24, 2.45) is 5.92 Å². The first kappa shape index (κ1) is 19.3. The summed E-state index contributed by atoms with van der Waals surface area (Å²) in [4.78, 5) is 14.2. The average molecular weight is 381 g/mol. The number of likely N-dealkylation sites (tertiary alicyclic amines) is 1. The van der Waals surface area contributed by atoms with Crippen LogP contribution >= 0.6 is 0 Å². The number of ether oxygens (including phenoxy) is 1. The molecular formula is C19H28N2O4S. The summed E-state index contributed by atoms with van der Waals surface area (Å²) in [5.41, 5.74) is 0.238. The van der Waals surface area contributed by atoms with Crippen molar-refractivity contribution >= 4 is 16.0 Å². The number of nitrogens with zero attached hydrogens (tertiary/aromatic N) is 1. The van der Waals surface area contributed by atoms with E-state index < -0.39 is 16.0 Å². The van der Waals surface area contributed by atoms with Crippen molar-refractivity contribution < 1.29 is 17.9 Å². The van der Waals surface area contributed by atoms with Gasteiger partial charge in [-0.15, -0.1) is 0 Å². The molecule has 1 aliphatic carbocycles. The van der Waals surface area contributed by atoms with Crippen LogP contribution in [0.3, 0.4) is 0 Å². The molecule has 0 bridgehead atoms. The van der Waals surface area contributed by atoms with Gasteiger partial charge in [0, 0.05) is 12.6 Å². The van der Waals surface area contributed by atoms with Crippen LogP contribution in [0.15, 0.2) is 29.2 Å². The maximum Gasteiger partial charge on any atom is 0.337 e. The Kier molecular flexibility index (Phi) is 6.32. The molecule has 2 fully saturated rings. The summed E-state index contributed by atoms with van der Waals surface area (Å²) in [6, 6.07) is 5.92. The lowest BCUT2D eigenvalue weighted by molar-refractivity contribution is 0.0600. The molecule has 6 nitrogen and oxygen atoms in total. The van der Waals surface area contributed by atoms with E-state index in [0.29, 0.717) is 0 Å². The number of piperidine rings is 1. The molecule has 1 saturated carbocycles. The minimum absolute atomic E-state index is 0.0541. The van der Waals surface area contributed by atoms with E-state index in [-0.39, 0.29) is 16.5 Å². The van der Waals surface area contributed by atoms with E-state index in [2.05, 4.69) is 14.4 Å². The highest BCUT2D eigenvalue weighted by molar-refractivity contribution is 7.89. The van der Waals surface area contributed by atoms with Gasteiger partial charge >= 0.3 is 5.97 Å². The molecular weight excluding hydrogens is 352 g/mol. The first-order valence-electron chi connectivity index (χ1n) is 9.41. The second-order valence-electron chi connectivity index (χ2n) is 7.37. The lowest BCUT2D eigenvalue weighted by Crippen LogP contribution is -2.45. The number of sulfonamides is 1. The van der Waals surface area contributed by atoms with Crippen molar-refractivity contribution in [2.75, 3.05) is 26.7 Å². The summed E-state index contributed by atoms with van der Waals surface area (Å²) in [6.07, 6.45) is 7.02. The first-order chi connectivity index (χ1) is 12.5. The molecule has 2 aliphatic rings. The van der Waals surface area contributed by atoms with Gasteiger partial charge in [0.2, 0.25) is 10.0 Å². The summed E-state index contributed by atoms with van der Waals surface area (Å²) in [7, 11) is -2.36. The molecule has 0 spiro atoms. The van der Waals surface area contributed by atoms with Crippen LogP contribution in [0.4, 0.5) is 0 Å². The summed E-state index contributed by atoms with van der Waals surface area (Å²) in [6.45, 7) is 3.03. The van der Waals surface area contributed by atoms with Crippen molar-refractivity contribution in [1.29, 1.82) is 0 Å². The molecule has 1 heterocycles. The van der Waals surface area contributed by atoms with Gasteiger partial charge in [-0.25, -0.2) is 17.9 Å². The van der Waals surface area contributed by atoms with E-state index in [1.54, 1.807) is 12.1 Å². The maximum absolute atomic E-state index is 12.6. The summed E-state index contributed by atoms with van der Waals surface area (Å²) in [5, 5.41) is 0. The number of nitrogens with one attached hydrogen (secondary N) is 1. The van der Waals surface area contributed by atoms with Crippen LogP contribution in [0.5, 0.6) is 0 Å². The van der Waals surface area contributed by atoms with Crippen molar-refractivity contribution in [2.45, 2.75) is 49.5 Å². The van der Waals surface area contributed by atoms with Crippen LogP contribution in [-0.2, 0) is 14.8 Å². The van der Waals surface area contributed by atoms with Crippen LogP contribution in [0, 0.1) is 5.92 Å². The molecule has 7 heteroatoms. The number of hydrogen-bond acceptors (Lipinski definition) is 5. The van der Waals surface area contributed by atoms with Crippen LogP contribution in [0.25, 0.3) is 0 Å². The van der Waals surface area contributed by atoms with E-state index in [4.69, 9.17) is 0 Å². The molecule has 0 aromatic heterocycles. The lowest BCUT2D eigenvalue weighted by Gasteiger charge is -2.33. The minimum atomic E-state index is -3.64. The summed E-state index contributed by atoms with van der Waals surface area (Å²) >= 11 is 0. The standard InChI is InChI=1S/C19H28N2O4S/c1-25-19(22)16-7-4-8-18(13-16)26(23,24)20-17-9-11-21(12-10-17)14-15-5-2-3-6-15/h4,7-8,13,15,17,20H,2-3,5-6,9-12,14H2,1H3. The highest BCUT2D eigenvalue weighted by Gasteiger charge is 2.27. The number of rotatable bonds is 6. The Hall–Kier alpha value is -1.44. The van der Waals surface area contributed by atoms with Crippen LogP contribution in [0.2, 0.25) is 0 Å². The monoisotopic (exact) mass is 380 g/mol. The number of methoxy groups -OCH3 is 1. The van der Waals surface area contributed by atoms with E-state index in [9.17, 15) is 13.2 Å². The van der Waals surface area contributed by atoms with Crippen molar-refractivity contribution in [1.82, 2.24) is 9.62 Å². The van der Waals surface area contributed by atoms with Gasteiger partial charge in [0.1, 0.15) is 0 Å². The second kappa shape index (κ2) is 8.50. The molecule has 1 N–H and O–H groups in total. The predicted molar refractivity (Wildman–Crippen MR) is 99.5 cm³/mol. The molecule has 0 unspecified atom stereocenters. The number of hydrogen-bond donors (Lipinski definition) is 1. The van der Waals surface area contributed by atoms with Gasteiger partial charge < -0.3 is 9.64 Å². The molecule has 3 rings (SSSR count). The molecule has 26 heavy (non-hydrogen) atoms. The molecule has 144 valence electrons. The van der Waals surface area contributed by atoms with Gasteiger partial charge in [0.15, 0.2) is 0 Å². The molecule has 1 aromatic carbocycles. The molecule has 0 amide bonds. The third-order valence-electron chi connectivity index (χ3n) is 5.47. The third kappa shape index (κ3) is 4.84. The van der Waals surface area contributed by atoms with Crippen molar-refractivity contribution in [3.05, 3.63) is 29.8 Å². The van der Waals surface area contributed by atoms with Gasteiger partial charge in [-0.1, -0.05) is 18.9 Å². The van der Waals surface area contributed by atoms with Crippen LogP contribution in [0.1, 0.15) is 48.9 Å². The second-order valence-corrected chi connectivity index (χ2v) is 9.08. The van der Waals surface area contributed by atoms with E-state index in [1.165, 1.54) is 44.9 Å². The smallest absolute Gasteiger partial charge is 0.337 e. The molecule has 0 atom stereocenters. The number of carbonyl (C=O) groups excluding carboxylic acids is 1. The Bertz CT molecular complexity index is 721. The Labute approximate surface area is 156 Å². The highest BCUT2D eigenvalue weighted by Crippen LogP contribution is 2.26. The summed E-state index contributed by atoms with van der Waals surface area (Å²) < 4.78 is 32.8. The lowest BCUT2D eigenvalue weighted by atomic mass is 10.0. The van der Waals surface area contributed by atoms with E-state index >= 15 is 0 Å². The van der Waals surface area contributed by atoms with Gasteiger partial charge in [-0.2, -0.15) is 0 Å². The topological polar surface area (TPSA) is 75.7 Å². The van der Waals surface area contributed by atoms with Crippen LogP contribution in [-0.4, -0.2) is 52.1 Å². The van der Waals surface area contributed by atoms with E-state index in [1.807, 2.05) is 0 Å². The van der Waals surface area contributed by atoms with Gasteiger partial charge in [0.25, 0.3) is 0 Å². The quantitative estimate of drug-likeness (QED) is 0.767. The Morgan fingerprint density at radius 3 is 2.54 bits per heavy atom. The molecule has 1 saturated heterocycles. The largest absolute Gasteiger partial charge is 0.465 e. The van der Waals surface area contributed by atoms with Crippen molar-refractivity contribution in [3.8, 4) is 0 Å². The van der Waals surface area contributed by atoms with Gasteiger partial charge in [-0.05, 0) is 62.9 Å². The fourth-order valence-corrected chi connectivity index (χ4v) is 5.34. The third-order valence-corrected chi connectivity index (χ3v) is 6.98. The Balaban J connectivity index is 1.56. The Morgan fingerprint density at radius 1 is 1.19 bits per heavy atom. The predicted octanol–water partition coefficient (Wildman–Crippen LogP) is 2.41. The number of esters is 1. The maximum atomic E-state index is 12.6. The van der Waals surface area contributed by atoms with Crippen LogP contribution < -0.4 is 4.72 Å². The molecule has 1 aromatic rings. The Morgan fingerprint density at radius 2 is 1.88 bits per heavy atom. The highest BCUT2D eigenvalue weighted by atomic mass is 32.2. The fourth-order valence-electron chi connectivity index (χ4n) is 3.99. The van der Waals surface area contributed by atoms with Gasteiger partial charge in [-0.3, -0.25) is 0 Å². The molecule has 1 aliphatic heterocycles. The molecule has 0 radical (unpaired) electrons. The fraction of sp³-hybridized carbons (Fsp3) is 0.632. The van der Waals surface area contributed by atoms with E-state index in [0.717, 1.165) is 38.4 Å². The zero-order valence-electron chi connectivity index (χ0n) is 15.3. The zero-order valence-corrected chi connectivity index (χ0v) is 16.1. The normalized spacial score (nSPS) is 20.3. The number of carbonyl (C=O) groups is 1. The number of benzene rings is 1. The van der Waals surface area contributed by atoms with Crippen molar-refractivity contribution in [3.63, 3.8) is 0 Å². The first-order valence-corrected chi connectivity index (χ1v) is 10.9. The SMILES string of the molecule is COC(=O)c1cccc(S(=O)(=O)NC2CCN(CC3CCCC3)CC2)c1. The summed E-state index contributed by atoms with van der Waals surface area (Å²) in [5.74, 6) is 0.284. The average Bonchev–Trinajstić information content (AvgIpc) is 3.15. The minimum Gasteiger partial charge on any atom is -0.465 e. The van der Waals surface area contributed by atoms with Gasteiger partial charge in [0.05, 0.1) is 17.6 Å². The zero-order chi connectivity index (χ0) is 18.6.